The number of benzene rings is 1. The van der Waals surface area contributed by atoms with Crippen molar-refractivity contribution in [2.45, 2.75) is 35.4 Å². The van der Waals surface area contributed by atoms with Crippen molar-refractivity contribution in [3.05, 3.63) is 23.8 Å². The molecule has 1 aliphatic heterocycles. The van der Waals surface area contributed by atoms with Gasteiger partial charge in [0.15, 0.2) is 9.84 Å². The normalized spacial score (nSPS) is 24.1. The second kappa shape index (κ2) is 5.66. The van der Waals surface area contributed by atoms with Crippen molar-refractivity contribution < 1.29 is 28.2 Å². The minimum atomic E-state index is -3.62. The van der Waals surface area contributed by atoms with E-state index in [-0.39, 0.29) is 29.1 Å². The summed E-state index contributed by atoms with van der Waals surface area (Å²) < 4.78 is 25.4. The van der Waals surface area contributed by atoms with Crippen molar-refractivity contribution >= 4 is 27.6 Å². The Bertz CT molecular complexity index is 780. The summed E-state index contributed by atoms with van der Waals surface area (Å²) in [5.74, 6) is -2.16. The van der Waals surface area contributed by atoms with Crippen LogP contribution in [0.3, 0.4) is 0 Å². The predicted molar refractivity (Wildman–Crippen MR) is 84.3 cm³/mol. The van der Waals surface area contributed by atoms with Gasteiger partial charge in [-0.2, -0.15) is 0 Å². The summed E-state index contributed by atoms with van der Waals surface area (Å²) in [4.78, 5) is 24.0. The number of amides is 1. The van der Waals surface area contributed by atoms with Crippen LogP contribution in [0.15, 0.2) is 23.1 Å². The molecule has 2 atom stereocenters. The molecular formula is C15H18N2O6S. The average Bonchev–Trinajstić information content (AvgIpc) is 3.25. The van der Waals surface area contributed by atoms with Gasteiger partial charge in [-0.15, -0.1) is 0 Å². The number of nitrogens with two attached hydrogens (primary N) is 1. The lowest BCUT2D eigenvalue weighted by Crippen LogP contribution is -2.33. The number of hydrogen-bond donors (Lipinski definition) is 3. The molecule has 9 heteroatoms. The van der Waals surface area contributed by atoms with E-state index in [0.29, 0.717) is 12.8 Å². The molecule has 3 rings (SSSR count). The van der Waals surface area contributed by atoms with Gasteiger partial charge >= 0.3 is 12.1 Å². The first-order chi connectivity index (χ1) is 11.2. The fourth-order valence-electron chi connectivity index (χ4n) is 3.27. The molecule has 8 nitrogen and oxygen atoms in total. The van der Waals surface area contributed by atoms with Gasteiger partial charge in [0.25, 0.3) is 0 Å². The number of carboxylic acids is 1. The second-order valence-electron chi connectivity index (χ2n) is 6.20. The van der Waals surface area contributed by atoms with Gasteiger partial charge in [0.1, 0.15) is 0 Å². The minimum Gasteiger partial charge on any atom is -0.481 e. The number of nitrogens with zero attached hydrogens (tertiary/aromatic N) is 1. The smallest absolute Gasteiger partial charge is 0.407 e. The molecule has 1 saturated carbocycles. The van der Waals surface area contributed by atoms with Gasteiger partial charge in [0, 0.05) is 12.2 Å². The Morgan fingerprint density at radius 2 is 1.83 bits per heavy atom. The molecule has 1 amide bonds. The van der Waals surface area contributed by atoms with Crippen LogP contribution in [0.5, 0.6) is 0 Å². The molecular weight excluding hydrogens is 336 g/mol. The molecule has 0 spiro atoms. The lowest BCUT2D eigenvalue weighted by Gasteiger charge is -2.27. The number of aliphatic carboxylic acids is 1. The fourth-order valence-corrected chi connectivity index (χ4v) is 5.15. The van der Waals surface area contributed by atoms with Gasteiger partial charge in [-0.3, -0.25) is 4.79 Å². The van der Waals surface area contributed by atoms with Gasteiger partial charge in [0.05, 0.1) is 22.1 Å². The molecule has 0 unspecified atom stereocenters. The highest BCUT2D eigenvalue weighted by atomic mass is 32.2. The third-order valence-corrected chi connectivity index (χ3v) is 6.92. The van der Waals surface area contributed by atoms with Crippen molar-refractivity contribution in [2.75, 3.05) is 12.3 Å². The quantitative estimate of drug-likeness (QED) is 0.693. The molecule has 24 heavy (non-hydrogen) atoms. The minimum absolute atomic E-state index is 0.0106. The molecule has 130 valence electrons. The number of sulfone groups is 1. The summed E-state index contributed by atoms with van der Waals surface area (Å²) >= 11 is 0. The van der Waals surface area contributed by atoms with Crippen molar-refractivity contribution in [3.63, 3.8) is 0 Å². The summed E-state index contributed by atoms with van der Waals surface area (Å²) in [6.07, 6.45) is -0.0332. The Balaban J connectivity index is 2.17. The van der Waals surface area contributed by atoms with Crippen LogP contribution in [0.25, 0.3) is 0 Å². The molecule has 2 fully saturated rings. The van der Waals surface area contributed by atoms with E-state index in [9.17, 15) is 28.2 Å². The van der Waals surface area contributed by atoms with E-state index < -0.39 is 39.1 Å². The third-order valence-electron chi connectivity index (χ3n) is 4.58. The zero-order chi connectivity index (χ0) is 17.6. The predicted octanol–water partition coefficient (Wildman–Crippen LogP) is 1.33. The molecule has 0 aromatic heterocycles. The molecule has 2 aliphatic rings. The summed E-state index contributed by atoms with van der Waals surface area (Å²) in [6.45, 7) is 0.0364. The monoisotopic (exact) mass is 354 g/mol. The first kappa shape index (κ1) is 16.6. The number of carbonyl (C=O) groups is 2. The molecule has 1 aliphatic carbocycles. The lowest BCUT2D eigenvalue weighted by molar-refractivity contribution is -0.142. The molecule has 0 bridgehead atoms. The van der Waals surface area contributed by atoms with E-state index in [0.717, 1.165) is 4.90 Å². The van der Waals surface area contributed by atoms with E-state index in [2.05, 4.69) is 0 Å². The zero-order valence-electron chi connectivity index (χ0n) is 12.8. The van der Waals surface area contributed by atoms with Gasteiger partial charge < -0.3 is 20.8 Å². The van der Waals surface area contributed by atoms with Crippen LogP contribution < -0.4 is 5.73 Å². The average molecular weight is 354 g/mol. The largest absolute Gasteiger partial charge is 0.481 e. The van der Waals surface area contributed by atoms with Gasteiger partial charge in [-0.1, -0.05) is 0 Å². The number of rotatable bonds is 4. The summed E-state index contributed by atoms with van der Waals surface area (Å²) in [5, 5.41) is 18.3. The molecule has 1 aromatic rings. The van der Waals surface area contributed by atoms with Gasteiger partial charge in [-0.25, -0.2) is 13.2 Å². The standard InChI is InChI=1S/C15H18N2O6S/c16-8-1-4-12(24(22,23)9-2-3-9)11(7-8)13-10(14(18)19)5-6-17(13)15(20)21/h1,4,7,9-10,13H,2-3,5-6,16H2,(H,18,19)(H,20,21)/t10-,13+/m0/s1. The number of hydrogen-bond acceptors (Lipinski definition) is 5. The Kier molecular flexibility index (Phi) is 3.90. The van der Waals surface area contributed by atoms with Gasteiger partial charge in [0.2, 0.25) is 0 Å². The first-order valence-electron chi connectivity index (χ1n) is 7.59. The van der Waals surface area contributed by atoms with Crippen LogP contribution in [0.1, 0.15) is 30.9 Å². The van der Waals surface area contributed by atoms with Crippen LogP contribution in [0.4, 0.5) is 10.5 Å². The zero-order valence-corrected chi connectivity index (χ0v) is 13.6. The Morgan fingerprint density at radius 3 is 2.38 bits per heavy atom. The second-order valence-corrected chi connectivity index (χ2v) is 8.39. The fraction of sp³-hybridized carbons (Fsp3) is 0.467. The maximum absolute atomic E-state index is 12.7. The van der Waals surface area contributed by atoms with Crippen molar-refractivity contribution in [1.29, 1.82) is 0 Å². The van der Waals surface area contributed by atoms with E-state index in [4.69, 9.17) is 5.73 Å². The highest BCUT2D eigenvalue weighted by Crippen LogP contribution is 2.43. The lowest BCUT2D eigenvalue weighted by atomic mass is 9.93. The molecule has 1 heterocycles. The van der Waals surface area contributed by atoms with Crippen LogP contribution in [0, 0.1) is 5.92 Å². The van der Waals surface area contributed by atoms with Crippen LogP contribution >= 0.6 is 0 Å². The van der Waals surface area contributed by atoms with E-state index in [1.165, 1.54) is 18.2 Å². The molecule has 1 saturated heterocycles. The van der Waals surface area contributed by atoms with Crippen molar-refractivity contribution in [1.82, 2.24) is 4.90 Å². The first-order valence-corrected chi connectivity index (χ1v) is 9.14. The number of carboxylic acid groups (broad SMARTS) is 2. The number of nitrogen functional groups attached to an aromatic ring is 1. The topological polar surface area (TPSA) is 138 Å². The number of likely N-dealkylation sites (tertiary alicyclic amines) is 1. The van der Waals surface area contributed by atoms with E-state index in [1.807, 2.05) is 0 Å². The highest BCUT2D eigenvalue weighted by Gasteiger charge is 2.46. The Morgan fingerprint density at radius 1 is 1.17 bits per heavy atom. The molecule has 0 radical (unpaired) electrons. The van der Waals surface area contributed by atoms with Crippen molar-refractivity contribution in [2.24, 2.45) is 5.92 Å². The van der Waals surface area contributed by atoms with Crippen molar-refractivity contribution in [3.8, 4) is 0 Å². The maximum Gasteiger partial charge on any atom is 0.407 e. The van der Waals surface area contributed by atoms with E-state index >= 15 is 0 Å². The van der Waals surface area contributed by atoms with Gasteiger partial charge in [-0.05, 0) is 43.0 Å². The maximum atomic E-state index is 12.7. The SMILES string of the molecule is Nc1ccc(S(=O)(=O)C2CC2)c([C@H]2[C@@H](C(=O)O)CCN2C(=O)O)c1. The van der Waals surface area contributed by atoms with Crippen LogP contribution in [-0.2, 0) is 14.6 Å². The van der Waals surface area contributed by atoms with Crippen LogP contribution in [-0.4, -0.2) is 47.4 Å². The Hall–Kier alpha value is -2.29. The highest BCUT2D eigenvalue weighted by molar-refractivity contribution is 7.92. The summed E-state index contributed by atoms with van der Waals surface area (Å²) in [6, 6.07) is 3.12. The molecule has 1 aromatic carbocycles. The molecule has 4 N–H and O–H groups in total. The summed E-state index contributed by atoms with van der Waals surface area (Å²) in [5.41, 5.74) is 6.19. The number of anilines is 1. The Labute approximate surface area is 138 Å². The van der Waals surface area contributed by atoms with E-state index in [1.54, 1.807) is 0 Å². The van der Waals surface area contributed by atoms with Crippen LogP contribution in [0.2, 0.25) is 0 Å². The third kappa shape index (κ3) is 2.68. The summed E-state index contributed by atoms with van der Waals surface area (Å²) in [7, 11) is -3.62.